The van der Waals surface area contributed by atoms with Crippen LogP contribution >= 0.6 is 0 Å². The van der Waals surface area contributed by atoms with Crippen LogP contribution in [0.3, 0.4) is 0 Å². The van der Waals surface area contributed by atoms with E-state index in [0.29, 0.717) is 22.7 Å². The Morgan fingerprint density at radius 2 is 1.78 bits per heavy atom. The summed E-state index contributed by atoms with van der Waals surface area (Å²) in [5, 5.41) is 2.54. The van der Waals surface area contributed by atoms with Gasteiger partial charge in [-0.25, -0.2) is 9.18 Å². The summed E-state index contributed by atoms with van der Waals surface area (Å²) in [7, 11) is 3.05. The summed E-state index contributed by atoms with van der Waals surface area (Å²) in [5.41, 5.74) is 1.03. The number of esters is 1. The molecule has 2 rings (SSSR count). The van der Waals surface area contributed by atoms with E-state index in [4.69, 9.17) is 14.2 Å². The minimum atomic E-state index is -1.03. The first-order valence-electron chi connectivity index (χ1n) is 8.10. The average Bonchev–Trinajstić information content (AvgIpc) is 2.67. The van der Waals surface area contributed by atoms with E-state index < -0.39 is 23.8 Å². The molecule has 0 aliphatic rings. The van der Waals surface area contributed by atoms with E-state index >= 15 is 0 Å². The summed E-state index contributed by atoms with van der Waals surface area (Å²) in [6.45, 7) is 1.44. The first-order chi connectivity index (χ1) is 12.9. The topological polar surface area (TPSA) is 73.9 Å². The number of amides is 1. The van der Waals surface area contributed by atoms with E-state index in [1.165, 1.54) is 57.6 Å². The van der Waals surface area contributed by atoms with Crippen molar-refractivity contribution in [3.63, 3.8) is 0 Å². The highest BCUT2D eigenvalue weighted by atomic mass is 19.1. The second-order valence-electron chi connectivity index (χ2n) is 5.52. The molecule has 0 saturated carbocycles. The molecule has 0 bridgehead atoms. The van der Waals surface area contributed by atoms with Gasteiger partial charge >= 0.3 is 5.97 Å². The number of hydrogen-bond acceptors (Lipinski definition) is 5. The minimum Gasteiger partial charge on any atom is -0.497 e. The molecular weight excluding hydrogens is 353 g/mol. The van der Waals surface area contributed by atoms with E-state index in [9.17, 15) is 14.0 Å². The monoisotopic (exact) mass is 373 g/mol. The molecule has 6 nitrogen and oxygen atoms in total. The molecule has 142 valence electrons. The molecule has 1 unspecified atom stereocenters. The highest BCUT2D eigenvalue weighted by Crippen LogP contribution is 2.25. The zero-order valence-electron chi connectivity index (χ0n) is 15.2. The maximum absolute atomic E-state index is 12.9. The average molecular weight is 373 g/mol. The van der Waals surface area contributed by atoms with Crippen LogP contribution in [0.5, 0.6) is 11.5 Å². The second-order valence-corrected chi connectivity index (χ2v) is 5.52. The Morgan fingerprint density at radius 1 is 1.07 bits per heavy atom. The summed E-state index contributed by atoms with van der Waals surface area (Å²) in [5.74, 6) is -0.465. The van der Waals surface area contributed by atoms with Gasteiger partial charge in [0, 0.05) is 17.3 Å². The first kappa shape index (κ1) is 20.0. The summed E-state index contributed by atoms with van der Waals surface area (Å²) >= 11 is 0. The van der Waals surface area contributed by atoms with Crippen LogP contribution in [-0.2, 0) is 14.3 Å². The van der Waals surface area contributed by atoms with Gasteiger partial charge in [0.2, 0.25) is 0 Å². The highest BCUT2D eigenvalue weighted by Gasteiger charge is 2.16. The van der Waals surface area contributed by atoms with Gasteiger partial charge in [-0.1, -0.05) is 0 Å². The van der Waals surface area contributed by atoms with Gasteiger partial charge in [0.15, 0.2) is 6.10 Å². The molecule has 0 spiro atoms. The van der Waals surface area contributed by atoms with Gasteiger partial charge in [-0.05, 0) is 55.5 Å². The fourth-order valence-corrected chi connectivity index (χ4v) is 2.17. The molecule has 1 atom stereocenters. The van der Waals surface area contributed by atoms with Crippen molar-refractivity contribution in [2.45, 2.75) is 13.0 Å². The zero-order valence-corrected chi connectivity index (χ0v) is 15.2. The number of methoxy groups -OCH3 is 2. The Morgan fingerprint density at radius 3 is 2.41 bits per heavy atom. The highest BCUT2D eigenvalue weighted by molar-refractivity contribution is 5.96. The fourth-order valence-electron chi connectivity index (χ4n) is 2.17. The number of carbonyl (C=O) groups is 2. The Kier molecular flexibility index (Phi) is 6.93. The number of nitrogens with one attached hydrogen (secondary N) is 1. The standard InChI is InChI=1S/C20H20FNO5/c1-13(20(24)22-16-7-5-15(21)6-8-16)27-19(23)11-4-14-12-17(25-2)9-10-18(14)26-3/h4-13H,1-3H3,(H,22,24)/b11-4+. The molecular formula is C20H20FNO5. The minimum absolute atomic E-state index is 0.404. The fraction of sp³-hybridized carbons (Fsp3) is 0.200. The van der Waals surface area contributed by atoms with Gasteiger partial charge in [0.05, 0.1) is 14.2 Å². The van der Waals surface area contributed by atoms with E-state index in [1.54, 1.807) is 18.2 Å². The molecule has 0 fully saturated rings. The number of rotatable bonds is 7. The van der Waals surface area contributed by atoms with Gasteiger partial charge < -0.3 is 19.5 Å². The third-order valence-corrected chi connectivity index (χ3v) is 3.61. The summed E-state index contributed by atoms with van der Waals surface area (Å²) in [6.07, 6.45) is 1.67. The van der Waals surface area contributed by atoms with E-state index in [2.05, 4.69) is 5.32 Å². The van der Waals surface area contributed by atoms with Crippen molar-refractivity contribution < 1.29 is 28.2 Å². The molecule has 7 heteroatoms. The molecule has 2 aromatic rings. The molecule has 0 saturated heterocycles. The smallest absolute Gasteiger partial charge is 0.331 e. The van der Waals surface area contributed by atoms with Crippen LogP contribution in [-0.4, -0.2) is 32.2 Å². The largest absolute Gasteiger partial charge is 0.497 e. The number of carbonyl (C=O) groups excluding carboxylic acids is 2. The van der Waals surface area contributed by atoms with E-state index in [1.807, 2.05) is 0 Å². The van der Waals surface area contributed by atoms with Crippen molar-refractivity contribution in [1.29, 1.82) is 0 Å². The Balaban J connectivity index is 1.97. The molecule has 0 aliphatic carbocycles. The molecule has 0 radical (unpaired) electrons. The van der Waals surface area contributed by atoms with Crippen LogP contribution in [0.1, 0.15) is 12.5 Å². The van der Waals surface area contributed by atoms with Crippen LogP contribution < -0.4 is 14.8 Å². The van der Waals surface area contributed by atoms with Crippen LogP contribution in [0.15, 0.2) is 48.5 Å². The third-order valence-electron chi connectivity index (χ3n) is 3.61. The molecule has 1 N–H and O–H groups in total. The van der Waals surface area contributed by atoms with Crippen molar-refractivity contribution in [3.8, 4) is 11.5 Å². The van der Waals surface area contributed by atoms with Crippen LogP contribution in [0, 0.1) is 5.82 Å². The lowest BCUT2D eigenvalue weighted by atomic mass is 10.1. The SMILES string of the molecule is COc1ccc(OC)c(/C=C/C(=O)OC(C)C(=O)Nc2ccc(F)cc2)c1. The quantitative estimate of drug-likeness (QED) is 0.595. The lowest BCUT2D eigenvalue weighted by molar-refractivity contribution is -0.148. The lowest BCUT2D eigenvalue weighted by Gasteiger charge is -2.12. The molecule has 0 heterocycles. The second kappa shape index (κ2) is 9.38. The molecule has 2 aromatic carbocycles. The predicted octanol–water partition coefficient (Wildman–Crippen LogP) is 3.43. The number of hydrogen-bond donors (Lipinski definition) is 1. The van der Waals surface area contributed by atoms with Gasteiger partial charge in [0.25, 0.3) is 5.91 Å². The molecule has 27 heavy (non-hydrogen) atoms. The van der Waals surface area contributed by atoms with Crippen molar-refractivity contribution in [2.24, 2.45) is 0 Å². The summed E-state index contributed by atoms with van der Waals surface area (Å²) in [4.78, 5) is 24.0. The van der Waals surface area contributed by atoms with Crippen molar-refractivity contribution >= 4 is 23.6 Å². The number of halogens is 1. The summed E-state index contributed by atoms with van der Waals surface area (Å²) in [6, 6.07) is 10.4. The first-order valence-corrected chi connectivity index (χ1v) is 8.10. The zero-order chi connectivity index (χ0) is 19.8. The maximum Gasteiger partial charge on any atom is 0.331 e. The Labute approximate surface area is 156 Å². The maximum atomic E-state index is 12.9. The third kappa shape index (κ3) is 5.85. The van der Waals surface area contributed by atoms with Crippen molar-refractivity contribution in [3.05, 3.63) is 59.9 Å². The van der Waals surface area contributed by atoms with Crippen molar-refractivity contribution in [1.82, 2.24) is 0 Å². The van der Waals surface area contributed by atoms with Gasteiger partial charge in [-0.2, -0.15) is 0 Å². The molecule has 0 aromatic heterocycles. The normalized spacial score (nSPS) is 11.7. The Bertz CT molecular complexity index is 833. The van der Waals surface area contributed by atoms with E-state index in [0.717, 1.165) is 0 Å². The number of ether oxygens (including phenoxy) is 3. The van der Waals surface area contributed by atoms with Gasteiger partial charge in [-0.15, -0.1) is 0 Å². The molecule has 1 amide bonds. The van der Waals surface area contributed by atoms with Gasteiger partial charge in [-0.3, -0.25) is 4.79 Å². The van der Waals surface area contributed by atoms with Gasteiger partial charge in [0.1, 0.15) is 17.3 Å². The van der Waals surface area contributed by atoms with Crippen LogP contribution in [0.2, 0.25) is 0 Å². The molecule has 0 aliphatic heterocycles. The lowest BCUT2D eigenvalue weighted by Crippen LogP contribution is -2.29. The van der Waals surface area contributed by atoms with Crippen molar-refractivity contribution in [2.75, 3.05) is 19.5 Å². The number of benzene rings is 2. The predicted molar refractivity (Wildman–Crippen MR) is 99.2 cm³/mol. The summed E-state index contributed by atoms with van der Waals surface area (Å²) < 4.78 is 28.3. The van der Waals surface area contributed by atoms with E-state index in [-0.39, 0.29) is 0 Å². The Hall–Kier alpha value is -3.35. The number of anilines is 1. The van der Waals surface area contributed by atoms with Crippen LogP contribution in [0.25, 0.3) is 6.08 Å². The van der Waals surface area contributed by atoms with Crippen LogP contribution in [0.4, 0.5) is 10.1 Å².